The molecular weight excluding hydrogens is 414 g/mol. The first kappa shape index (κ1) is 22.3. The van der Waals surface area contributed by atoms with Crippen LogP contribution in [0.15, 0.2) is 66.2 Å². The van der Waals surface area contributed by atoms with Crippen LogP contribution in [0.4, 0.5) is 5.69 Å². The Morgan fingerprint density at radius 1 is 0.879 bits per heavy atom. The molecule has 4 rings (SSSR count). The topological polar surface area (TPSA) is 66.8 Å². The van der Waals surface area contributed by atoms with E-state index in [0.717, 1.165) is 22.3 Å². The van der Waals surface area contributed by atoms with Crippen molar-refractivity contribution >= 4 is 23.1 Å². The number of rotatable bonds is 4. The van der Waals surface area contributed by atoms with Crippen molar-refractivity contribution < 1.29 is 19.4 Å². The lowest BCUT2D eigenvalue weighted by atomic mass is 9.94. The summed E-state index contributed by atoms with van der Waals surface area (Å²) in [5.41, 5.74) is 5.88. The van der Waals surface area contributed by atoms with Gasteiger partial charge in [-0.2, -0.15) is 0 Å². The number of aryl methyl sites for hydroxylation is 4. The van der Waals surface area contributed by atoms with Gasteiger partial charge in [-0.25, -0.2) is 0 Å². The number of amides is 1. The molecule has 1 N–H and O–H groups in total. The number of methoxy groups -OCH3 is 1. The average Bonchev–Trinajstić information content (AvgIpc) is 3.05. The minimum atomic E-state index is -0.789. The van der Waals surface area contributed by atoms with Gasteiger partial charge >= 0.3 is 0 Å². The number of hydrogen-bond donors (Lipinski definition) is 1. The van der Waals surface area contributed by atoms with Gasteiger partial charge in [0.15, 0.2) is 0 Å². The number of benzene rings is 3. The SMILES string of the molecule is COc1cccc(C2/C(=C(/O)c3ccc(C)c(C)c3)C(=O)C(=O)N2c2cc(C)cc(C)c2)c1. The normalized spacial score (nSPS) is 17.5. The van der Waals surface area contributed by atoms with Gasteiger partial charge in [-0.15, -0.1) is 0 Å². The highest BCUT2D eigenvalue weighted by molar-refractivity contribution is 6.51. The smallest absolute Gasteiger partial charge is 0.300 e. The molecule has 1 atom stereocenters. The van der Waals surface area contributed by atoms with Crippen LogP contribution in [0.2, 0.25) is 0 Å². The van der Waals surface area contributed by atoms with E-state index >= 15 is 0 Å². The van der Waals surface area contributed by atoms with Crippen LogP contribution in [0.3, 0.4) is 0 Å². The summed E-state index contributed by atoms with van der Waals surface area (Å²) in [5.74, 6) is -0.961. The zero-order chi connectivity index (χ0) is 23.9. The predicted molar refractivity (Wildman–Crippen MR) is 130 cm³/mol. The Kier molecular flexibility index (Phi) is 5.81. The van der Waals surface area contributed by atoms with Crippen molar-refractivity contribution in [3.05, 3.63) is 99.6 Å². The molecule has 3 aromatic rings. The van der Waals surface area contributed by atoms with Crippen molar-refractivity contribution in [1.29, 1.82) is 0 Å². The van der Waals surface area contributed by atoms with Crippen LogP contribution in [0, 0.1) is 27.7 Å². The molecule has 5 heteroatoms. The standard InChI is InChI=1S/C28H27NO4/c1-16-11-17(2)13-22(12-16)29-25(20-7-6-8-23(15-20)33-5)24(27(31)28(29)32)26(30)21-10-9-18(3)19(4)14-21/h6-15,25,30H,1-5H3/b26-24-. The quantitative estimate of drug-likeness (QED) is 0.327. The van der Waals surface area contributed by atoms with Gasteiger partial charge in [-0.05, 0) is 85.8 Å². The lowest BCUT2D eigenvalue weighted by Gasteiger charge is -2.26. The molecule has 5 nitrogen and oxygen atoms in total. The van der Waals surface area contributed by atoms with Gasteiger partial charge in [0.2, 0.25) is 0 Å². The molecule has 1 fully saturated rings. The first-order valence-corrected chi connectivity index (χ1v) is 10.8. The molecule has 1 unspecified atom stereocenters. The van der Waals surface area contributed by atoms with Gasteiger partial charge in [-0.1, -0.05) is 30.3 Å². The average molecular weight is 442 g/mol. The first-order valence-electron chi connectivity index (χ1n) is 10.8. The maximum absolute atomic E-state index is 13.3. The fourth-order valence-corrected chi connectivity index (χ4v) is 4.36. The molecule has 1 aliphatic heterocycles. The van der Waals surface area contributed by atoms with Crippen LogP contribution in [0.25, 0.3) is 5.76 Å². The number of aliphatic hydroxyl groups is 1. The summed E-state index contributed by atoms with van der Waals surface area (Å²) in [7, 11) is 1.56. The fraction of sp³-hybridized carbons (Fsp3) is 0.214. The summed E-state index contributed by atoms with van der Waals surface area (Å²) in [6, 6.07) is 17.7. The van der Waals surface area contributed by atoms with Gasteiger partial charge in [0, 0.05) is 11.3 Å². The zero-order valence-corrected chi connectivity index (χ0v) is 19.5. The minimum Gasteiger partial charge on any atom is -0.507 e. The number of ketones is 1. The molecule has 0 radical (unpaired) electrons. The lowest BCUT2D eigenvalue weighted by molar-refractivity contribution is -0.132. The van der Waals surface area contributed by atoms with Crippen LogP contribution in [-0.2, 0) is 9.59 Å². The van der Waals surface area contributed by atoms with Crippen molar-refractivity contribution in [1.82, 2.24) is 0 Å². The van der Waals surface area contributed by atoms with E-state index in [-0.39, 0.29) is 11.3 Å². The molecule has 0 bridgehead atoms. The molecule has 0 spiro atoms. The van der Waals surface area contributed by atoms with Crippen LogP contribution in [-0.4, -0.2) is 23.9 Å². The largest absolute Gasteiger partial charge is 0.507 e. The van der Waals surface area contributed by atoms with E-state index in [1.807, 2.05) is 70.2 Å². The van der Waals surface area contributed by atoms with Gasteiger partial charge in [-0.3, -0.25) is 14.5 Å². The van der Waals surface area contributed by atoms with E-state index < -0.39 is 17.7 Å². The number of carbonyl (C=O) groups is 2. The minimum absolute atomic E-state index is 0.0654. The van der Waals surface area contributed by atoms with E-state index in [4.69, 9.17) is 4.74 Å². The Balaban J connectivity index is 1.99. The second-order valence-electron chi connectivity index (χ2n) is 8.59. The van der Waals surface area contributed by atoms with Crippen molar-refractivity contribution in [2.24, 2.45) is 0 Å². The summed E-state index contributed by atoms with van der Waals surface area (Å²) in [6.45, 7) is 7.82. The lowest BCUT2D eigenvalue weighted by Crippen LogP contribution is -2.29. The maximum Gasteiger partial charge on any atom is 0.300 e. The van der Waals surface area contributed by atoms with Crippen LogP contribution in [0.5, 0.6) is 5.75 Å². The number of aliphatic hydroxyl groups excluding tert-OH is 1. The molecule has 33 heavy (non-hydrogen) atoms. The number of hydrogen-bond acceptors (Lipinski definition) is 4. The Bertz CT molecular complexity index is 1280. The zero-order valence-electron chi connectivity index (χ0n) is 19.5. The predicted octanol–water partition coefficient (Wildman–Crippen LogP) is 5.56. The van der Waals surface area contributed by atoms with Crippen molar-refractivity contribution in [3.63, 3.8) is 0 Å². The van der Waals surface area contributed by atoms with Gasteiger partial charge in [0.1, 0.15) is 11.5 Å². The Morgan fingerprint density at radius 3 is 2.21 bits per heavy atom. The Labute approximate surface area is 193 Å². The monoisotopic (exact) mass is 441 g/mol. The summed E-state index contributed by atoms with van der Waals surface area (Å²) in [6.07, 6.45) is 0. The van der Waals surface area contributed by atoms with Gasteiger partial charge in [0.25, 0.3) is 11.7 Å². The molecule has 0 aliphatic carbocycles. The fourth-order valence-electron chi connectivity index (χ4n) is 4.36. The third-order valence-electron chi connectivity index (χ3n) is 6.12. The number of ether oxygens (including phenoxy) is 1. The second-order valence-corrected chi connectivity index (χ2v) is 8.59. The highest BCUT2D eigenvalue weighted by Crippen LogP contribution is 2.43. The first-order chi connectivity index (χ1) is 15.7. The maximum atomic E-state index is 13.3. The molecule has 1 saturated heterocycles. The van der Waals surface area contributed by atoms with Crippen molar-refractivity contribution in [3.8, 4) is 5.75 Å². The highest BCUT2D eigenvalue weighted by atomic mass is 16.5. The van der Waals surface area contributed by atoms with Crippen LogP contribution >= 0.6 is 0 Å². The molecule has 1 aliphatic rings. The molecule has 1 heterocycles. The number of anilines is 1. The molecule has 168 valence electrons. The molecule has 1 amide bonds. The van der Waals surface area contributed by atoms with Crippen molar-refractivity contribution in [2.45, 2.75) is 33.7 Å². The molecular formula is C28H27NO4. The third-order valence-corrected chi connectivity index (χ3v) is 6.12. The molecule has 3 aromatic carbocycles. The van der Waals surface area contributed by atoms with E-state index in [1.165, 1.54) is 4.90 Å². The van der Waals surface area contributed by atoms with E-state index in [1.54, 1.807) is 25.3 Å². The summed E-state index contributed by atoms with van der Waals surface area (Å²) < 4.78 is 5.39. The summed E-state index contributed by atoms with van der Waals surface area (Å²) in [5, 5.41) is 11.3. The van der Waals surface area contributed by atoms with Gasteiger partial charge < -0.3 is 9.84 Å². The number of Topliss-reactive ketones (excluding diaryl/α,β-unsaturated/α-hetero) is 1. The van der Waals surface area contributed by atoms with Crippen molar-refractivity contribution in [2.75, 3.05) is 12.0 Å². The van der Waals surface area contributed by atoms with Gasteiger partial charge in [0.05, 0.1) is 18.7 Å². The van der Waals surface area contributed by atoms with E-state index in [2.05, 4.69) is 0 Å². The van der Waals surface area contributed by atoms with E-state index in [9.17, 15) is 14.7 Å². The van der Waals surface area contributed by atoms with E-state index in [0.29, 0.717) is 22.6 Å². The van der Waals surface area contributed by atoms with Crippen LogP contribution in [0.1, 0.15) is 39.4 Å². The highest BCUT2D eigenvalue weighted by Gasteiger charge is 2.47. The van der Waals surface area contributed by atoms with Crippen LogP contribution < -0.4 is 9.64 Å². The third kappa shape index (κ3) is 4.02. The summed E-state index contributed by atoms with van der Waals surface area (Å²) >= 11 is 0. The summed E-state index contributed by atoms with van der Waals surface area (Å²) in [4.78, 5) is 28.1. The molecule has 0 aromatic heterocycles. The Hall–Kier alpha value is -3.86. The Morgan fingerprint density at radius 2 is 1.58 bits per heavy atom. The number of carbonyl (C=O) groups excluding carboxylic acids is 2. The second kappa shape index (κ2) is 8.58. The number of nitrogens with zero attached hydrogens (tertiary/aromatic N) is 1. The molecule has 0 saturated carbocycles.